The van der Waals surface area contributed by atoms with Gasteiger partial charge in [-0.05, 0) is 24.3 Å². The number of anilines is 1. The molecule has 0 fully saturated rings. The average Bonchev–Trinajstić information content (AvgIpc) is 2.47. The topological polar surface area (TPSA) is 88.5 Å². The number of aliphatic carboxylic acids is 1. The third kappa shape index (κ3) is 3.55. The Balaban J connectivity index is 2.13. The van der Waals surface area contributed by atoms with Crippen molar-refractivity contribution in [2.75, 3.05) is 11.9 Å². The minimum absolute atomic E-state index is 0.303. The third-order valence-corrected chi connectivity index (χ3v) is 2.43. The molecule has 0 atom stereocenters. The van der Waals surface area contributed by atoms with Crippen LogP contribution in [0.5, 0.6) is 5.75 Å². The highest BCUT2D eigenvalue weighted by Gasteiger charge is 2.10. The standard InChI is InChI=1S/C14H12N2O4/c17-13(18)9-20-12-4-2-1-3-11(12)16-14(19)10-5-7-15-8-6-10/h1-8H,9H2,(H,16,19)(H,17,18). The third-order valence-electron chi connectivity index (χ3n) is 2.43. The molecule has 2 rings (SSSR count). The van der Waals surface area contributed by atoms with E-state index in [-0.39, 0.29) is 5.91 Å². The highest BCUT2D eigenvalue weighted by Crippen LogP contribution is 2.24. The van der Waals surface area contributed by atoms with Crippen molar-refractivity contribution in [2.45, 2.75) is 0 Å². The van der Waals surface area contributed by atoms with Gasteiger partial charge in [0.15, 0.2) is 6.61 Å². The van der Waals surface area contributed by atoms with E-state index in [4.69, 9.17) is 9.84 Å². The molecular weight excluding hydrogens is 260 g/mol. The Hall–Kier alpha value is -2.89. The van der Waals surface area contributed by atoms with Crippen LogP contribution in [0.4, 0.5) is 5.69 Å². The second-order valence-electron chi connectivity index (χ2n) is 3.87. The number of hydrogen-bond donors (Lipinski definition) is 2. The Kier molecular flexibility index (Phi) is 4.28. The number of nitrogens with zero attached hydrogens (tertiary/aromatic N) is 1. The van der Waals surface area contributed by atoms with E-state index in [1.54, 1.807) is 36.4 Å². The maximum absolute atomic E-state index is 12.0. The van der Waals surface area contributed by atoms with Crippen molar-refractivity contribution >= 4 is 17.6 Å². The molecule has 20 heavy (non-hydrogen) atoms. The number of rotatable bonds is 5. The Labute approximate surface area is 115 Å². The van der Waals surface area contributed by atoms with Gasteiger partial charge in [0, 0.05) is 18.0 Å². The molecule has 102 valence electrons. The van der Waals surface area contributed by atoms with Gasteiger partial charge in [0.05, 0.1) is 5.69 Å². The summed E-state index contributed by atoms with van der Waals surface area (Å²) in [5.74, 6) is -1.10. The minimum Gasteiger partial charge on any atom is -0.480 e. The fraction of sp³-hybridized carbons (Fsp3) is 0.0714. The summed E-state index contributed by atoms with van der Waals surface area (Å²) >= 11 is 0. The number of hydrogen-bond acceptors (Lipinski definition) is 4. The zero-order valence-corrected chi connectivity index (χ0v) is 10.4. The molecule has 0 aliphatic heterocycles. The molecular formula is C14H12N2O4. The van der Waals surface area contributed by atoms with E-state index in [2.05, 4.69) is 10.3 Å². The molecule has 2 aromatic rings. The second kappa shape index (κ2) is 6.33. The number of carbonyl (C=O) groups excluding carboxylic acids is 1. The molecule has 1 aromatic heterocycles. The van der Waals surface area contributed by atoms with Gasteiger partial charge in [-0.2, -0.15) is 0 Å². The molecule has 2 N–H and O–H groups in total. The molecule has 0 saturated carbocycles. The number of aromatic nitrogens is 1. The quantitative estimate of drug-likeness (QED) is 0.866. The molecule has 0 bridgehead atoms. The highest BCUT2D eigenvalue weighted by atomic mass is 16.5. The number of carboxylic acid groups (broad SMARTS) is 1. The zero-order valence-electron chi connectivity index (χ0n) is 10.4. The van der Waals surface area contributed by atoms with E-state index in [1.807, 2.05) is 0 Å². The maximum atomic E-state index is 12.0. The number of carboxylic acids is 1. The summed E-state index contributed by atoms with van der Waals surface area (Å²) in [5, 5.41) is 11.3. The first-order valence-electron chi connectivity index (χ1n) is 5.82. The second-order valence-corrected chi connectivity index (χ2v) is 3.87. The molecule has 0 saturated heterocycles. The van der Waals surface area contributed by atoms with Crippen molar-refractivity contribution in [3.05, 3.63) is 54.4 Å². The van der Waals surface area contributed by atoms with Crippen molar-refractivity contribution in [3.8, 4) is 5.75 Å². The van der Waals surface area contributed by atoms with Gasteiger partial charge in [-0.3, -0.25) is 9.78 Å². The smallest absolute Gasteiger partial charge is 0.341 e. The summed E-state index contributed by atoms with van der Waals surface area (Å²) in [4.78, 5) is 26.3. The molecule has 0 aliphatic carbocycles. The predicted molar refractivity (Wildman–Crippen MR) is 71.8 cm³/mol. The number of carbonyl (C=O) groups is 2. The van der Waals surface area contributed by atoms with Crippen LogP contribution in [0.3, 0.4) is 0 Å². The Morgan fingerprint density at radius 3 is 2.55 bits per heavy atom. The molecule has 1 aromatic carbocycles. The zero-order chi connectivity index (χ0) is 14.4. The van der Waals surface area contributed by atoms with Crippen LogP contribution in [0.2, 0.25) is 0 Å². The normalized spacial score (nSPS) is 9.80. The maximum Gasteiger partial charge on any atom is 0.341 e. The summed E-state index contributed by atoms with van der Waals surface area (Å²) < 4.78 is 5.11. The number of para-hydroxylation sites is 2. The number of amides is 1. The van der Waals surface area contributed by atoms with E-state index in [1.165, 1.54) is 12.4 Å². The van der Waals surface area contributed by atoms with Crippen LogP contribution >= 0.6 is 0 Å². The Morgan fingerprint density at radius 1 is 1.15 bits per heavy atom. The predicted octanol–water partition coefficient (Wildman–Crippen LogP) is 1.80. The molecule has 0 radical (unpaired) electrons. The molecule has 0 unspecified atom stereocenters. The average molecular weight is 272 g/mol. The highest BCUT2D eigenvalue weighted by molar-refractivity contribution is 6.04. The van der Waals surface area contributed by atoms with Crippen LogP contribution in [0, 0.1) is 0 Å². The van der Waals surface area contributed by atoms with Gasteiger partial charge in [0.1, 0.15) is 5.75 Å². The number of pyridine rings is 1. The molecule has 0 aliphatic rings. The summed E-state index contributed by atoms with van der Waals surface area (Å²) in [5.41, 5.74) is 0.864. The summed E-state index contributed by atoms with van der Waals surface area (Å²) in [7, 11) is 0. The fourth-order valence-electron chi connectivity index (χ4n) is 1.53. The van der Waals surface area contributed by atoms with Gasteiger partial charge in [-0.25, -0.2) is 4.79 Å². The number of nitrogens with one attached hydrogen (secondary N) is 1. The SMILES string of the molecule is O=C(O)COc1ccccc1NC(=O)c1ccncc1. The van der Waals surface area contributed by atoms with E-state index in [9.17, 15) is 9.59 Å². The lowest BCUT2D eigenvalue weighted by Crippen LogP contribution is -2.14. The summed E-state index contributed by atoms with van der Waals surface area (Å²) in [6, 6.07) is 9.79. The van der Waals surface area contributed by atoms with Crippen LogP contribution in [0.1, 0.15) is 10.4 Å². The Bertz CT molecular complexity index is 614. The van der Waals surface area contributed by atoms with Gasteiger partial charge < -0.3 is 15.2 Å². The first kappa shape index (κ1) is 13.5. The van der Waals surface area contributed by atoms with Crippen molar-refractivity contribution in [1.29, 1.82) is 0 Å². The van der Waals surface area contributed by atoms with Gasteiger partial charge in [0.25, 0.3) is 5.91 Å². The van der Waals surface area contributed by atoms with Gasteiger partial charge in [-0.1, -0.05) is 12.1 Å². The summed E-state index contributed by atoms with van der Waals surface area (Å²) in [6.07, 6.45) is 3.03. The van der Waals surface area contributed by atoms with Crippen LogP contribution < -0.4 is 10.1 Å². The van der Waals surface area contributed by atoms with Crippen LogP contribution in [-0.2, 0) is 4.79 Å². The molecule has 1 amide bonds. The monoisotopic (exact) mass is 272 g/mol. The van der Waals surface area contributed by atoms with Gasteiger partial charge in [-0.15, -0.1) is 0 Å². The van der Waals surface area contributed by atoms with Gasteiger partial charge in [0.2, 0.25) is 0 Å². The number of ether oxygens (including phenoxy) is 1. The first-order chi connectivity index (χ1) is 9.66. The van der Waals surface area contributed by atoms with E-state index in [0.29, 0.717) is 17.0 Å². The van der Waals surface area contributed by atoms with Crippen LogP contribution in [0.25, 0.3) is 0 Å². The lowest BCUT2D eigenvalue weighted by atomic mass is 10.2. The van der Waals surface area contributed by atoms with Crippen LogP contribution in [-0.4, -0.2) is 28.6 Å². The molecule has 0 spiro atoms. The molecule has 6 nitrogen and oxygen atoms in total. The van der Waals surface area contributed by atoms with Crippen molar-refractivity contribution < 1.29 is 19.4 Å². The van der Waals surface area contributed by atoms with Crippen molar-refractivity contribution in [1.82, 2.24) is 4.98 Å². The largest absolute Gasteiger partial charge is 0.480 e. The lowest BCUT2D eigenvalue weighted by molar-refractivity contribution is -0.139. The van der Waals surface area contributed by atoms with Crippen molar-refractivity contribution in [3.63, 3.8) is 0 Å². The van der Waals surface area contributed by atoms with Crippen LogP contribution in [0.15, 0.2) is 48.8 Å². The van der Waals surface area contributed by atoms with Crippen molar-refractivity contribution in [2.24, 2.45) is 0 Å². The molecule has 1 heterocycles. The number of benzene rings is 1. The fourth-order valence-corrected chi connectivity index (χ4v) is 1.53. The van der Waals surface area contributed by atoms with E-state index >= 15 is 0 Å². The lowest BCUT2D eigenvalue weighted by Gasteiger charge is -2.11. The summed E-state index contributed by atoms with van der Waals surface area (Å²) in [6.45, 7) is -0.470. The molecule has 6 heteroatoms. The van der Waals surface area contributed by atoms with E-state index in [0.717, 1.165) is 0 Å². The first-order valence-corrected chi connectivity index (χ1v) is 5.82. The minimum atomic E-state index is -1.08. The van der Waals surface area contributed by atoms with E-state index < -0.39 is 12.6 Å². The Morgan fingerprint density at radius 2 is 1.85 bits per heavy atom. The van der Waals surface area contributed by atoms with Gasteiger partial charge >= 0.3 is 5.97 Å².